The number of anilines is 2. The van der Waals surface area contributed by atoms with E-state index in [1.54, 1.807) is 0 Å². The molecule has 30 heavy (non-hydrogen) atoms. The Balaban J connectivity index is 1.55. The van der Waals surface area contributed by atoms with E-state index in [9.17, 15) is 4.79 Å². The summed E-state index contributed by atoms with van der Waals surface area (Å²) in [5, 5.41) is 7.07. The molecule has 1 fully saturated rings. The van der Waals surface area contributed by atoms with Crippen LogP contribution in [0.25, 0.3) is 11.5 Å². The number of rotatable bonds is 5. The maximum atomic E-state index is 12.9. The smallest absolute Gasteiger partial charge is 0.260 e. The molecule has 2 heterocycles. The minimum Gasteiger partial charge on any atom is -0.378 e. The molecule has 7 nitrogen and oxygen atoms in total. The van der Waals surface area contributed by atoms with E-state index in [-0.39, 0.29) is 11.8 Å². The van der Waals surface area contributed by atoms with Crippen LogP contribution < -0.4 is 10.2 Å². The summed E-state index contributed by atoms with van der Waals surface area (Å²) in [6.07, 6.45) is 0. The Bertz CT molecular complexity index is 1020. The van der Waals surface area contributed by atoms with E-state index in [4.69, 9.17) is 9.26 Å². The first-order chi connectivity index (χ1) is 14.5. The van der Waals surface area contributed by atoms with E-state index >= 15 is 0 Å². The van der Waals surface area contributed by atoms with E-state index in [1.165, 1.54) is 0 Å². The molecule has 4 rings (SSSR count). The molecule has 1 N–H and O–H groups in total. The Morgan fingerprint density at radius 1 is 1.10 bits per heavy atom. The number of aryl methyl sites for hydroxylation is 1. The Morgan fingerprint density at radius 2 is 1.83 bits per heavy atom. The van der Waals surface area contributed by atoms with Gasteiger partial charge < -0.3 is 19.5 Å². The lowest BCUT2D eigenvalue weighted by atomic mass is 10.1. The molecule has 0 radical (unpaired) electrons. The molecular weight excluding hydrogens is 380 g/mol. The van der Waals surface area contributed by atoms with Gasteiger partial charge in [0.1, 0.15) is 0 Å². The van der Waals surface area contributed by atoms with Gasteiger partial charge in [-0.25, -0.2) is 0 Å². The van der Waals surface area contributed by atoms with Gasteiger partial charge in [-0.2, -0.15) is 4.98 Å². The number of carbonyl (C=O) groups is 1. The molecule has 1 saturated heterocycles. The molecule has 2 aromatic carbocycles. The summed E-state index contributed by atoms with van der Waals surface area (Å²) in [6, 6.07) is 13.4. The molecule has 0 bridgehead atoms. The summed E-state index contributed by atoms with van der Waals surface area (Å²) < 4.78 is 10.8. The molecule has 7 heteroatoms. The largest absolute Gasteiger partial charge is 0.378 e. The number of carbonyl (C=O) groups excluding carboxylic acids is 1. The predicted molar refractivity (Wildman–Crippen MR) is 116 cm³/mol. The number of morpholine rings is 1. The number of hydrogen-bond acceptors (Lipinski definition) is 6. The number of benzene rings is 2. The molecule has 1 aliphatic heterocycles. The summed E-state index contributed by atoms with van der Waals surface area (Å²) in [6.45, 7) is 9.14. The monoisotopic (exact) mass is 406 g/mol. The van der Waals surface area contributed by atoms with Crippen LogP contribution in [-0.4, -0.2) is 42.4 Å². The quantitative estimate of drug-likeness (QED) is 0.682. The predicted octanol–water partition coefficient (Wildman–Crippen LogP) is 4.26. The summed E-state index contributed by atoms with van der Waals surface area (Å²) in [4.78, 5) is 19.7. The van der Waals surface area contributed by atoms with Gasteiger partial charge in [0, 0.05) is 30.3 Å². The van der Waals surface area contributed by atoms with Crippen LogP contribution in [0.1, 0.15) is 41.5 Å². The van der Waals surface area contributed by atoms with E-state index in [0.29, 0.717) is 28.5 Å². The van der Waals surface area contributed by atoms with Crippen LogP contribution in [0.4, 0.5) is 11.4 Å². The van der Waals surface area contributed by atoms with Crippen molar-refractivity contribution in [1.82, 2.24) is 10.1 Å². The van der Waals surface area contributed by atoms with Crippen LogP contribution in [0, 0.1) is 6.92 Å². The van der Waals surface area contributed by atoms with Gasteiger partial charge in [0.05, 0.1) is 24.5 Å². The molecule has 156 valence electrons. The summed E-state index contributed by atoms with van der Waals surface area (Å²) >= 11 is 0. The van der Waals surface area contributed by atoms with E-state index in [2.05, 4.69) is 20.4 Å². The zero-order valence-electron chi connectivity index (χ0n) is 17.5. The molecule has 0 unspecified atom stereocenters. The molecule has 0 atom stereocenters. The third-order valence-electron chi connectivity index (χ3n) is 5.21. The third-order valence-corrected chi connectivity index (χ3v) is 5.21. The highest BCUT2D eigenvalue weighted by Crippen LogP contribution is 2.31. The van der Waals surface area contributed by atoms with Crippen LogP contribution in [0.5, 0.6) is 0 Å². The minimum absolute atomic E-state index is 0.162. The number of para-hydroxylation sites is 1. The Labute approximate surface area is 176 Å². The molecule has 3 aromatic rings. The molecular formula is C23H26N4O3. The second kappa shape index (κ2) is 8.67. The maximum Gasteiger partial charge on any atom is 0.260 e. The molecule has 1 amide bonds. The Morgan fingerprint density at radius 3 is 2.50 bits per heavy atom. The van der Waals surface area contributed by atoms with Crippen LogP contribution in [0.2, 0.25) is 0 Å². The zero-order valence-corrected chi connectivity index (χ0v) is 17.5. The second-order valence-corrected chi connectivity index (χ2v) is 7.71. The average molecular weight is 406 g/mol. The minimum atomic E-state index is -0.178. The van der Waals surface area contributed by atoms with E-state index < -0.39 is 0 Å². The first-order valence-corrected chi connectivity index (χ1v) is 10.2. The van der Waals surface area contributed by atoms with Crippen molar-refractivity contribution < 1.29 is 14.1 Å². The van der Waals surface area contributed by atoms with Gasteiger partial charge >= 0.3 is 0 Å². The van der Waals surface area contributed by atoms with Gasteiger partial charge in [-0.15, -0.1) is 0 Å². The lowest BCUT2D eigenvalue weighted by Crippen LogP contribution is -2.36. The third kappa shape index (κ3) is 4.21. The van der Waals surface area contributed by atoms with Gasteiger partial charge in [-0.1, -0.05) is 31.1 Å². The van der Waals surface area contributed by atoms with Crippen LogP contribution in [0.15, 0.2) is 47.0 Å². The summed E-state index contributed by atoms with van der Waals surface area (Å²) in [5.41, 5.74) is 4.01. The summed E-state index contributed by atoms with van der Waals surface area (Å²) in [7, 11) is 0. The van der Waals surface area contributed by atoms with Crippen molar-refractivity contribution in [3.63, 3.8) is 0 Å². The van der Waals surface area contributed by atoms with Crippen molar-refractivity contribution in [2.45, 2.75) is 26.7 Å². The normalized spacial score (nSPS) is 14.2. The van der Waals surface area contributed by atoms with Crippen molar-refractivity contribution in [3.8, 4) is 11.5 Å². The van der Waals surface area contributed by atoms with Crippen molar-refractivity contribution in [3.05, 3.63) is 59.4 Å². The molecule has 0 aliphatic carbocycles. The topological polar surface area (TPSA) is 80.5 Å². The fourth-order valence-corrected chi connectivity index (χ4v) is 3.42. The van der Waals surface area contributed by atoms with Gasteiger partial charge in [0.15, 0.2) is 5.82 Å². The van der Waals surface area contributed by atoms with Crippen molar-refractivity contribution in [1.29, 1.82) is 0 Å². The number of hydrogen-bond donors (Lipinski definition) is 1. The molecule has 0 spiro atoms. The first-order valence-electron chi connectivity index (χ1n) is 10.2. The Kier molecular flexibility index (Phi) is 5.81. The number of aromatic nitrogens is 2. The summed E-state index contributed by atoms with van der Waals surface area (Å²) in [5.74, 6) is 1.03. The van der Waals surface area contributed by atoms with Crippen LogP contribution in [0.3, 0.4) is 0 Å². The van der Waals surface area contributed by atoms with E-state index in [0.717, 1.165) is 37.6 Å². The highest BCUT2D eigenvalue weighted by molar-refractivity contribution is 6.06. The highest BCUT2D eigenvalue weighted by atomic mass is 16.5. The van der Waals surface area contributed by atoms with Crippen LogP contribution in [-0.2, 0) is 4.74 Å². The van der Waals surface area contributed by atoms with Gasteiger partial charge in [0.25, 0.3) is 11.8 Å². The zero-order chi connectivity index (χ0) is 21.1. The van der Waals surface area contributed by atoms with E-state index in [1.807, 2.05) is 63.2 Å². The SMILES string of the molecule is Cc1cccc(-c2nc(C(C)C)no2)c1NC(=O)c1ccc(N2CCOCC2)cc1. The maximum absolute atomic E-state index is 12.9. The lowest BCUT2D eigenvalue weighted by molar-refractivity contribution is 0.102. The molecule has 1 aliphatic rings. The number of nitrogens with zero attached hydrogens (tertiary/aromatic N) is 3. The lowest BCUT2D eigenvalue weighted by Gasteiger charge is -2.28. The van der Waals surface area contributed by atoms with Gasteiger partial charge in [0.2, 0.25) is 0 Å². The van der Waals surface area contributed by atoms with Crippen molar-refractivity contribution in [2.75, 3.05) is 36.5 Å². The van der Waals surface area contributed by atoms with Gasteiger partial charge in [-0.3, -0.25) is 4.79 Å². The van der Waals surface area contributed by atoms with Gasteiger partial charge in [-0.05, 0) is 42.8 Å². The average Bonchev–Trinajstić information content (AvgIpc) is 3.26. The Hall–Kier alpha value is -3.19. The second-order valence-electron chi connectivity index (χ2n) is 7.71. The van der Waals surface area contributed by atoms with Crippen molar-refractivity contribution >= 4 is 17.3 Å². The fraction of sp³-hybridized carbons (Fsp3) is 0.348. The number of ether oxygens (including phenoxy) is 1. The molecule has 0 saturated carbocycles. The number of nitrogens with one attached hydrogen (secondary N) is 1. The number of amides is 1. The van der Waals surface area contributed by atoms with Crippen molar-refractivity contribution in [2.24, 2.45) is 0 Å². The molecule has 1 aromatic heterocycles. The standard InChI is InChI=1S/C23H26N4O3/c1-15(2)21-25-23(30-26-21)19-6-4-5-16(3)20(19)24-22(28)17-7-9-18(10-8-17)27-11-13-29-14-12-27/h4-10,15H,11-14H2,1-3H3,(H,24,28). The van der Waals surface area contributed by atoms with Crippen LogP contribution >= 0.6 is 0 Å². The first kappa shape index (κ1) is 20.1. The highest BCUT2D eigenvalue weighted by Gasteiger charge is 2.19. The fourth-order valence-electron chi connectivity index (χ4n) is 3.42.